The minimum atomic E-state index is -0.302. The maximum absolute atomic E-state index is 12.5. The number of hydrogen-bond acceptors (Lipinski definition) is 2. The molecule has 1 aromatic rings. The third kappa shape index (κ3) is 2.39. The van der Waals surface area contributed by atoms with Gasteiger partial charge in [0.15, 0.2) is 0 Å². The lowest BCUT2D eigenvalue weighted by Gasteiger charge is -2.26. The average Bonchev–Trinajstić information content (AvgIpc) is 3.04. The Morgan fingerprint density at radius 2 is 2.21 bits per heavy atom. The Kier molecular flexibility index (Phi) is 3.31. The molecule has 3 atom stereocenters. The fourth-order valence-electron chi connectivity index (χ4n) is 3.19. The Labute approximate surface area is 114 Å². The average molecular weight is 258 g/mol. The topological polar surface area (TPSA) is 41.1 Å². The van der Waals surface area contributed by atoms with Gasteiger partial charge >= 0.3 is 0 Å². The lowest BCUT2D eigenvalue weighted by Crippen LogP contribution is -2.53. The van der Waals surface area contributed by atoms with Gasteiger partial charge in [-0.25, -0.2) is 0 Å². The Bertz CT molecular complexity index is 451. The lowest BCUT2D eigenvalue weighted by atomic mass is 9.93. The molecule has 1 aromatic carbocycles. The maximum Gasteiger partial charge on any atom is 0.240 e. The quantitative estimate of drug-likeness (QED) is 0.869. The molecule has 2 aliphatic rings. The molecule has 2 N–H and O–H groups in total. The Balaban J connectivity index is 1.60. The summed E-state index contributed by atoms with van der Waals surface area (Å²) in [4.78, 5) is 12.5. The number of carbonyl (C=O) groups excluding carboxylic acids is 1. The van der Waals surface area contributed by atoms with Crippen molar-refractivity contribution in [3.63, 3.8) is 0 Å². The molecule has 1 saturated carbocycles. The van der Waals surface area contributed by atoms with Crippen LogP contribution >= 0.6 is 0 Å². The summed E-state index contributed by atoms with van der Waals surface area (Å²) in [7, 11) is 0. The van der Waals surface area contributed by atoms with Crippen molar-refractivity contribution in [2.75, 3.05) is 6.54 Å². The van der Waals surface area contributed by atoms with Crippen LogP contribution in [-0.2, 0) is 4.79 Å². The van der Waals surface area contributed by atoms with Crippen molar-refractivity contribution in [2.45, 2.75) is 50.1 Å². The molecular weight excluding hydrogens is 236 g/mol. The summed E-state index contributed by atoms with van der Waals surface area (Å²) in [5.74, 6) is 0.719. The van der Waals surface area contributed by atoms with Crippen molar-refractivity contribution in [1.82, 2.24) is 10.6 Å². The second-order valence-electron chi connectivity index (χ2n) is 5.80. The van der Waals surface area contributed by atoms with Gasteiger partial charge in [-0.1, -0.05) is 37.3 Å². The van der Waals surface area contributed by atoms with E-state index in [1.807, 2.05) is 6.07 Å². The Morgan fingerprint density at radius 1 is 1.42 bits per heavy atom. The van der Waals surface area contributed by atoms with Gasteiger partial charge in [0, 0.05) is 12.0 Å². The third-order valence-corrected chi connectivity index (χ3v) is 4.62. The van der Waals surface area contributed by atoms with Crippen LogP contribution in [0.4, 0.5) is 0 Å². The van der Waals surface area contributed by atoms with E-state index >= 15 is 0 Å². The zero-order valence-electron chi connectivity index (χ0n) is 11.5. The maximum atomic E-state index is 12.5. The monoisotopic (exact) mass is 258 g/mol. The van der Waals surface area contributed by atoms with Gasteiger partial charge in [-0.05, 0) is 37.8 Å². The van der Waals surface area contributed by atoms with E-state index in [1.165, 1.54) is 5.56 Å². The molecule has 0 bridgehead atoms. The first-order valence-corrected chi connectivity index (χ1v) is 7.36. The van der Waals surface area contributed by atoms with Crippen LogP contribution in [0.15, 0.2) is 30.3 Å². The van der Waals surface area contributed by atoms with Crippen LogP contribution in [-0.4, -0.2) is 24.0 Å². The second-order valence-corrected chi connectivity index (χ2v) is 5.80. The van der Waals surface area contributed by atoms with Crippen molar-refractivity contribution in [3.8, 4) is 0 Å². The lowest BCUT2D eigenvalue weighted by molar-refractivity contribution is -0.127. The Morgan fingerprint density at radius 3 is 2.84 bits per heavy atom. The number of carbonyl (C=O) groups is 1. The molecule has 3 rings (SSSR count). The fraction of sp³-hybridized carbons (Fsp3) is 0.562. The number of benzene rings is 1. The number of nitrogens with one attached hydrogen (secondary N) is 2. The first-order valence-electron chi connectivity index (χ1n) is 7.36. The van der Waals surface area contributed by atoms with Gasteiger partial charge in [-0.15, -0.1) is 0 Å². The van der Waals surface area contributed by atoms with Gasteiger partial charge in [0.25, 0.3) is 0 Å². The molecule has 102 valence electrons. The number of rotatable bonds is 4. The molecule has 1 heterocycles. The normalized spacial score (nSPS) is 33.1. The highest BCUT2D eigenvalue weighted by Crippen LogP contribution is 2.41. The SMILES string of the molecule is CCC1(C(=O)NC2CC2c2ccccc2)CCCN1. The largest absolute Gasteiger partial charge is 0.351 e. The predicted octanol–water partition coefficient (Wildman–Crippen LogP) is 2.19. The molecule has 0 spiro atoms. The Hall–Kier alpha value is -1.35. The zero-order chi connectivity index (χ0) is 13.3. The highest BCUT2D eigenvalue weighted by molar-refractivity contribution is 5.87. The fourth-order valence-corrected chi connectivity index (χ4v) is 3.19. The van der Waals surface area contributed by atoms with E-state index in [4.69, 9.17) is 0 Å². The second kappa shape index (κ2) is 4.97. The summed E-state index contributed by atoms with van der Waals surface area (Å²) in [5.41, 5.74) is 1.04. The summed E-state index contributed by atoms with van der Waals surface area (Å²) in [5, 5.41) is 6.63. The van der Waals surface area contributed by atoms with E-state index in [0.29, 0.717) is 12.0 Å². The highest BCUT2D eigenvalue weighted by Gasteiger charge is 2.45. The molecule has 19 heavy (non-hydrogen) atoms. The van der Waals surface area contributed by atoms with E-state index in [9.17, 15) is 4.79 Å². The van der Waals surface area contributed by atoms with Crippen molar-refractivity contribution >= 4 is 5.91 Å². The van der Waals surface area contributed by atoms with Crippen LogP contribution in [0.5, 0.6) is 0 Å². The van der Waals surface area contributed by atoms with Crippen LogP contribution in [0.2, 0.25) is 0 Å². The van der Waals surface area contributed by atoms with Crippen molar-refractivity contribution in [3.05, 3.63) is 35.9 Å². The third-order valence-electron chi connectivity index (χ3n) is 4.62. The summed E-state index contributed by atoms with van der Waals surface area (Å²) in [6.07, 6.45) is 4.03. The van der Waals surface area contributed by atoms with Gasteiger partial charge in [-0.2, -0.15) is 0 Å². The predicted molar refractivity (Wildman–Crippen MR) is 76.0 cm³/mol. The van der Waals surface area contributed by atoms with Crippen LogP contribution < -0.4 is 10.6 Å². The van der Waals surface area contributed by atoms with E-state index in [2.05, 4.69) is 41.8 Å². The van der Waals surface area contributed by atoms with Crippen LogP contribution in [0, 0.1) is 0 Å². The zero-order valence-corrected chi connectivity index (χ0v) is 11.5. The molecule has 0 radical (unpaired) electrons. The molecular formula is C16H22N2O. The summed E-state index contributed by atoms with van der Waals surface area (Å²) < 4.78 is 0. The molecule has 1 amide bonds. The first-order chi connectivity index (χ1) is 9.25. The van der Waals surface area contributed by atoms with Gasteiger partial charge in [0.05, 0.1) is 5.54 Å². The molecule has 3 unspecified atom stereocenters. The minimum absolute atomic E-state index is 0.205. The van der Waals surface area contributed by atoms with Gasteiger partial charge in [0.1, 0.15) is 0 Å². The van der Waals surface area contributed by atoms with E-state index in [0.717, 1.165) is 32.2 Å². The summed E-state index contributed by atoms with van der Waals surface area (Å²) >= 11 is 0. The number of hydrogen-bond donors (Lipinski definition) is 2. The van der Waals surface area contributed by atoms with Crippen molar-refractivity contribution in [2.24, 2.45) is 0 Å². The van der Waals surface area contributed by atoms with E-state index < -0.39 is 0 Å². The molecule has 3 heteroatoms. The highest BCUT2D eigenvalue weighted by atomic mass is 16.2. The van der Waals surface area contributed by atoms with Gasteiger partial charge in [0.2, 0.25) is 5.91 Å². The van der Waals surface area contributed by atoms with Crippen LogP contribution in [0.25, 0.3) is 0 Å². The summed E-state index contributed by atoms with van der Waals surface area (Å²) in [6.45, 7) is 3.06. The van der Waals surface area contributed by atoms with Gasteiger partial charge < -0.3 is 10.6 Å². The van der Waals surface area contributed by atoms with E-state index in [-0.39, 0.29) is 11.4 Å². The molecule has 1 aliphatic heterocycles. The van der Waals surface area contributed by atoms with Crippen LogP contribution in [0.1, 0.15) is 44.1 Å². The summed E-state index contributed by atoms with van der Waals surface area (Å²) in [6, 6.07) is 10.8. The van der Waals surface area contributed by atoms with Crippen molar-refractivity contribution < 1.29 is 4.79 Å². The van der Waals surface area contributed by atoms with Crippen molar-refractivity contribution in [1.29, 1.82) is 0 Å². The number of amides is 1. The first kappa shape index (κ1) is 12.7. The van der Waals surface area contributed by atoms with Crippen LogP contribution in [0.3, 0.4) is 0 Å². The van der Waals surface area contributed by atoms with Gasteiger partial charge in [-0.3, -0.25) is 4.79 Å². The molecule has 1 saturated heterocycles. The smallest absolute Gasteiger partial charge is 0.240 e. The molecule has 1 aliphatic carbocycles. The molecule has 2 fully saturated rings. The van der Waals surface area contributed by atoms with E-state index in [1.54, 1.807) is 0 Å². The molecule has 3 nitrogen and oxygen atoms in total. The minimum Gasteiger partial charge on any atom is -0.351 e. The standard InChI is InChI=1S/C16H22N2O/c1-2-16(9-6-10-17-16)15(19)18-14-11-13(14)12-7-4-3-5-8-12/h3-5,7-8,13-14,17H,2,6,9-11H2,1H3,(H,18,19). The molecule has 0 aromatic heterocycles.